The van der Waals surface area contributed by atoms with Crippen LogP contribution in [0.15, 0.2) is 54.7 Å². The summed E-state index contributed by atoms with van der Waals surface area (Å²) < 4.78 is 2.28. The lowest BCUT2D eigenvalue weighted by Crippen LogP contribution is -2.35. The van der Waals surface area contributed by atoms with Crippen molar-refractivity contribution in [1.82, 2.24) is 24.7 Å². The zero-order chi connectivity index (χ0) is 22.1. The molecular formula is C24H28ClN5S. The number of aromatic nitrogens is 2. The Morgan fingerprint density at radius 1 is 1.13 bits per heavy atom. The number of nitrogens with zero attached hydrogens (tertiary/aromatic N) is 4. The summed E-state index contributed by atoms with van der Waals surface area (Å²) >= 11 is 11.9. The van der Waals surface area contributed by atoms with E-state index in [1.165, 1.54) is 17.0 Å². The number of rotatable bonds is 6. The third kappa shape index (κ3) is 4.33. The number of halogens is 1. The molecular weight excluding hydrogens is 426 g/mol. The first-order valence-electron chi connectivity index (χ1n) is 10.4. The molecule has 3 aromatic rings. The predicted octanol–water partition coefficient (Wildman–Crippen LogP) is 4.68. The minimum Gasteiger partial charge on any atom is -0.352 e. The summed E-state index contributed by atoms with van der Waals surface area (Å²) in [4.78, 5) is 9.14. The molecule has 1 fully saturated rings. The van der Waals surface area contributed by atoms with Gasteiger partial charge in [0.2, 0.25) is 0 Å². The smallest absolute Gasteiger partial charge is 0.170 e. The second-order valence-electron chi connectivity index (χ2n) is 8.26. The molecule has 0 amide bonds. The minimum absolute atomic E-state index is 0.00460. The molecule has 5 nitrogen and oxygen atoms in total. The van der Waals surface area contributed by atoms with Crippen LogP contribution in [0.2, 0.25) is 5.02 Å². The molecule has 3 heterocycles. The standard InChI is InChI=1S/C24H28ClN5S/c1-16-15-20(17(2)30(16)19-10-8-18(25)9-11-19)23-22(21-7-5-6-12-26-21)27-24(31)29(23)14-13-28(3)4/h5-12,15,22-23H,13-14H2,1-4H3,(H,27,31)/t22-,23+/m1/s1. The first-order valence-corrected chi connectivity index (χ1v) is 11.2. The average molecular weight is 454 g/mol. The molecule has 0 aliphatic carbocycles. The zero-order valence-electron chi connectivity index (χ0n) is 18.3. The fraction of sp³-hybridized carbons (Fsp3) is 0.333. The van der Waals surface area contributed by atoms with E-state index in [1.54, 1.807) is 0 Å². The van der Waals surface area contributed by atoms with Gasteiger partial charge < -0.3 is 19.7 Å². The maximum Gasteiger partial charge on any atom is 0.170 e. The quantitative estimate of drug-likeness (QED) is 0.548. The van der Waals surface area contributed by atoms with Crippen LogP contribution < -0.4 is 5.32 Å². The van der Waals surface area contributed by atoms with Crippen LogP contribution in [0, 0.1) is 13.8 Å². The normalized spacial score (nSPS) is 18.6. The summed E-state index contributed by atoms with van der Waals surface area (Å²) in [6.07, 6.45) is 1.84. The van der Waals surface area contributed by atoms with E-state index >= 15 is 0 Å². The van der Waals surface area contributed by atoms with Crippen molar-refractivity contribution < 1.29 is 0 Å². The molecule has 1 saturated heterocycles. The molecule has 1 aromatic carbocycles. The Bertz CT molecular complexity index is 1060. The van der Waals surface area contributed by atoms with Crippen molar-refractivity contribution in [3.05, 3.63) is 82.4 Å². The van der Waals surface area contributed by atoms with Gasteiger partial charge in [-0.05, 0) is 88.2 Å². The molecule has 1 aliphatic heterocycles. The second kappa shape index (κ2) is 8.99. The molecule has 0 spiro atoms. The second-order valence-corrected chi connectivity index (χ2v) is 9.08. The minimum atomic E-state index is -0.00460. The lowest BCUT2D eigenvalue weighted by molar-refractivity contribution is 0.277. The zero-order valence-corrected chi connectivity index (χ0v) is 19.9. The van der Waals surface area contributed by atoms with Gasteiger partial charge in [-0.2, -0.15) is 0 Å². The first kappa shape index (κ1) is 21.8. The Kier molecular flexibility index (Phi) is 6.32. The lowest BCUT2D eigenvalue weighted by Gasteiger charge is -2.29. The molecule has 4 rings (SSSR count). The highest BCUT2D eigenvalue weighted by Gasteiger charge is 2.41. The van der Waals surface area contributed by atoms with Crippen LogP contribution in [-0.2, 0) is 0 Å². The van der Waals surface area contributed by atoms with E-state index in [0.717, 1.165) is 34.6 Å². The van der Waals surface area contributed by atoms with Crippen molar-refractivity contribution in [2.24, 2.45) is 0 Å². The molecule has 162 valence electrons. The SMILES string of the molecule is Cc1cc([C@H]2[C@@H](c3ccccn3)NC(=S)N2CCN(C)C)c(C)n1-c1ccc(Cl)cc1. The number of hydrogen-bond acceptors (Lipinski definition) is 3. The van der Waals surface area contributed by atoms with Gasteiger partial charge in [-0.25, -0.2) is 0 Å². The number of aryl methyl sites for hydroxylation is 1. The number of thiocarbonyl (C=S) groups is 1. The van der Waals surface area contributed by atoms with Gasteiger partial charge in [0.05, 0.1) is 17.8 Å². The Balaban J connectivity index is 1.80. The number of hydrogen-bond donors (Lipinski definition) is 1. The monoisotopic (exact) mass is 453 g/mol. The van der Waals surface area contributed by atoms with Crippen LogP contribution in [0.5, 0.6) is 0 Å². The number of nitrogens with one attached hydrogen (secondary N) is 1. The molecule has 2 aromatic heterocycles. The van der Waals surface area contributed by atoms with Crippen molar-refractivity contribution in [2.45, 2.75) is 25.9 Å². The molecule has 0 unspecified atom stereocenters. The van der Waals surface area contributed by atoms with Gasteiger partial charge in [-0.15, -0.1) is 0 Å². The molecule has 0 saturated carbocycles. The van der Waals surface area contributed by atoms with Gasteiger partial charge in [0.25, 0.3) is 0 Å². The van der Waals surface area contributed by atoms with E-state index in [1.807, 2.05) is 30.5 Å². The van der Waals surface area contributed by atoms with Gasteiger partial charge in [0, 0.05) is 41.4 Å². The van der Waals surface area contributed by atoms with Crippen LogP contribution in [0.3, 0.4) is 0 Å². The Morgan fingerprint density at radius 3 is 2.52 bits per heavy atom. The molecule has 7 heteroatoms. The molecule has 1 N–H and O–H groups in total. The van der Waals surface area contributed by atoms with Gasteiger partial charge in [0.1, 0.15) is 0 Å². The fourth-order valence-corrected chi connectivity index (χ4v) is 4.82. The molecule has 2 atom stereocenters. The topological polar surface area (TPSA) is 36.3 Å². The number of benzene rings is 1. The van der Waals surface area contributed by atoms with Crippen molar-refractivity contribution in [1.29, 1.82) is 0 Å². The highest BCUT2D eigenvalue weighted by molar-refractivity contribution is 7.80. The third-order valence-corrected chi connectivity index (χ3v) is 6.46. The Morgan fingerprint density at radius 2 is 1.87 bits per heavy atom. The highest BCUT2D eigenvalue weighted by Crippen LogP contribution is 2.41. The molecule has 1 aliphatic rings. The van der Waals surface area contributed by atoms with Gasteiger partial charge >= 0.3 is 0 Å². The Hall–Kier alpha value is -2.41. The number of likely N-dealkylation sites (N-methyl/N-ethyl adjacent to an activating group) is 1. The van der Waals surface area contributed by atoms with E-state index in [-0.39, 0.29) is 12.1 Å². The van der Waals surface area contributed by atoms with E-state index < -0.39 is 0 Å². The summed E-state index contributed by atoms with van der Waals surface area (Å²) in [5, 5.41) is 5.06. The van der Waals surface area contributed by atoms with Gasteiger partial charge in [-0.1, -0.05) is 17.7 Å². The third-order valence-electron chi connectivity index (χ3n) is 5.86. The van der Waals surface area contributed by atoms with Crippen LogP contribution in [0.25, 0.3) is 5.69 Å². The summed E-state index contributed by atoms with van der Waals surface area (Å²) in [7, 11) is 4.17. The maximum absolute atomic E-state index is 6.12. The average Bonchev–Trinajstić information content (AvgIpc) is 3.23. The lowest BCUT2D eigenvalue weighted by atomic mass is 9.97. The van der Waals surface area contributed by atoms with E-state index in [9.17, 15) is 0 Å². The number of pyridine rings is 1. The van der Waals surface area contributed by atoms with Crippen LogP contribution in [0.1, 0.15) is 34.7 Å². The van der Waals surface area contributed by atoms with Crippen molar-refractivity contribution in [3.63, 3.8) is 0 Å². The van der Waals surface area contributed by atoms with Crippen molar-refractivity contribution >= 4 is 28.9 Å². The Labute approximate surface area is 194 Å². The largest absolute Gasteiger partial charge is 0.352 e. The first-order chi connectivity index (χ1) is 14.9. The molecule has 0 radical (unpaired) electrons. The van der Waals surface area contributed by atoms with Crippen molar-refractivity contribution in [2.75, 3.05) is 27.2 Å². The summed E-state index contributed by atoms with van der Waals surface area (Å²) in [6.45, 7) is 6.09. The van der Waals surface area contributed by atoms with Crippen LogP contribution >= 0.6 is 23.8 Å². The van der Waals surface area contributed by atoms with Crippen molar-refractivity contribution in [3.8, 4) is 5.69 Å². The molecule has 31 heavy (non-hydrogen) atoms. The van der Waals surface area contributed by atoms with Gasteiger partial charge in [-0.3, -0.25) is 4.98 Å². The van der Waals surface area contributed by atoms with E-state index in [0.29, 0.717) is 0 Å². The summed E-state index contributed by atoms with van der Waals surface area (Å²) in [6, 6.07) is 16.4. The van der Waals surface area contributed by atoms with Crippen LogP contribution in [-0.4, -0.2) is 51.6 Å². The van der Waals surface area contributed by atoms with Gasteiger partial charge in [0.15, 0.2) is 5.11 Å². The predicted molar refractivity (Wildman–Crippen MR) is 131 cm³/mol. The maximum atomic E-state index is 6.12. The highest BCUT2D eigenvalue weighted by atomic mass is 35.5. The summed E-state index contributed by atoms with van der Waals surface area (Å²) in [5.41, 5.74) is 5.74. The van der Waals surface area contributed by atoms with E-state index in [4.69, 9.17) is 23.8 Å². The van der Waals surface area contributed by atoms with E-state index in [2.05, 4.69) is 76.9 Å². The fourth-order valence-electron chi connectivity index (χ4n) is 4.37. The molecule has 0 bridgehead atoms. The summed E-state index contributed by atoms with van der Waals surface area (Å²) in [5.74, 6) is 0. The van der Waals surface area contributed by atoms with Crippen LogP contribution in [0.4, 0.5) is 0 Å².